The molecule has 0 radical (unpaired) electrons. The van der Waals surface area contributed by atoms with Crippen molar-refractivity contribution in [1.29, 1.82) is 0 Å². The van der Waals surface area contributed by atoms with Crippen molar-refractivity contribution >= 4 is 5.91 Å². The number of aromatic hydroxyl groups is 2. The van der Waals surface area contributed by atoms with E-state index in [9.17, 15) is 23.1 Å². The number of nitrogens with zero attached hydrogens (tertiary/aromatic N) is 1. The molecular weight excluding hydrogens is 277 g/mol. The van der Waals surface area contributed by atoms with Crippen molar-refractivity contribution in [2.75, 3.05) is 13.6 Å². The van der Waals surface area contributed by atoms with Gasteiger partial charge in [0.25, 0.3) is 0 Å². The lowest BCUT2D eigenvalue weighted by Gasteiger charge is -2.22. The summed E-state index contributed by atoms with van der Waals surface area (Å²) in [5, 5.41) is 18.4. The fraction of sp³-hybridized carbons (Fsp3) is 0.417. The van der Waals surface area contributed by atoms with Gasteiger partial charge in [-0.05, 0) is 24.1 Å². The molecule has 1 atom stereocenters. The van der Waals surface area contributed by atoms with Gasteiger partial charge in [-0.15, -0.1) is 0 Å². The highest BCUT2D eigenvalue weighted by Crippen LogP contribution is 2.25. The lowest BCUT2D eigenvalue weighted by atomic mass is 10.0. The van der Waals surface area contributed by atoms with E-state index in [4.69, 9.17) is 10.8 Å². The minimum absolute atomic E-state index is 0.0468. The van der Waals surface area contributed by atoms with Crippen molar-refractivity contribution in [1.82, 2.24) is 4.90 Å². The largest absolute Gasteiger partial charge is 0.504 e. The minimum Gasteiger partial charge on any atom is -0.504 e. The Hall–Kier alpha value is -1.96. The molecule has 0 bridgehead atoms. The molecule has 0 saturated carbocycles. The predicted octanol–water partition coefficient (Wildman–Crippen LogP) is 0.988. The molecule has 0 aliphatic carbocycles. The highest BCUT2D eigenvalue weighted by Gasteiger charge is 2.32. The lowest BCUT2D eigenvalue weighted by molar-refractivity contribution is -0.159. The maximum absolute atomic E-state index is 12.2. The van der Waals surface area contributed by atoms with Gasteiger partial charge in [0.1, 0.15) is 6.54 Å². The minimum atomic E-state index is -4.49. The maximum atomic E-state index is 12.2. The summed E-state index contributed by atoms with van der Waals surface area (Å²) in [7, 11) is 1.02. The van der Waals surface area contributed by atoms with Crippen LogP contribution in [0.25, 0.3) is 0 Å². The van der Waals surface area contributed by atoms with Crippen LogP contribution in [0.1, 0.15) is 5.56 Å². The Morgan fingerprint density at radius 3 is 2.45 bits per heavy atom. The average molecular weight is 292 g/mol. The molecule has 1 rings (SSSR count). The summed E-state index contributed by atoms with van der Waals surface area (Å²) in [5.74, 6) is -1.57. The first-order chi connectivity index (χ1) is 9.10. The zero-order valence-corrected chi connectivity index (χ0v) is 10.7. The standard InChI is InChI=1S/C12H15F3N2O3/c1-17(6-12(13,14)15)11(20)8(16)4-7-2-3-9(18)10(19)5-7/h2-3,5,8,18-19H,4,6,16H2,1H3/t8-/m0/s1. The van der Waals surface area contributed by atoms with Crippen LogP contribution in [0.4, 0.5) is 13.2 Å². The number of halogens is 3. The predicted molar refractivity (Wildman–Crippen MR) is 65.1 cm³/mol. The number of phenolic OH excluding ortho intramolecular Hbond substituents is 2. The third-order valence-electron chi connectivity index (χ3n) is 2.61. The number of likely N-dealkylation sites (N-methyl/N-ethyl adjacent to an activating group) is 1. The van der Waals surface area contributed by atoms with Crippen LogP contribution in [0.5, 0.6) is 11.5 Å². The summed E-state index contributed by atoms with van der Waals surface area (Å²) in [6.45, 7) is -1.37. The first-order valence-electron chi connectivity index (χ1n) is 5.68. The lowest BCUT2D eigenvalue weighted by Crippen LogP contribution is -2.46. The first-order valence-corrected chi connectivity index (χ1v) is 5.68. The SMILES string of the molecule is CN(CC(F)(F)F)C(=O)[C@@H](N)Cc1ccc(O)c(O)c1. The summed E-state index contributed by atoms with van der Waals surface area (Å²) in [6, 6.07) is 2.67. The Balaban J connectivity index is 2.68. The smallest absolute Gasteiger partial charge is 0.406 e. The van der Waals surface area contributed by atoms with E-state index in [2.05, 4.69) is 0 Å². The third kappa shape index (κ3) is 4.61. The third-order valence-corrected chi connectivity index (χ3v) is 2.61. The zero-order valence-electron chi connectivity index (χ0n) is 10.7. The summed E-state index contributed by atoms with van der Waals surface area (Å²) in [6.07, 6.45) is -4.53. The summed E-state index contributed by atoms with van der Waals surface area (Å²) in [4.78, 5) is 12.2. The number of amides is 1. The van der Waals surface area contributed by atoms with Crippen LogP contribution >= 0.6 is 0 Å². The molecule has 0 fully saturated rings. The second kappa shape index (κ2) is 6.00. The van der Waals surface area contributed by atoms with Crippen LogP contribution in [-0.2, 0) is 11.2 Å². The van der Waals surface area contributed by atoms with Gasteiger partial charge in [-0.3, -0.25) is 4.79 Å². The molecule has 0 aliphatic rings. The van der Waals surface area contributed by atoms with Crippen LogP contribution in [0.2, 0.25) is 0 Å². The number of hydrogen-bond donors (Lipinski definition) is 3. The molecule has 0 heterocycles. The van der Waals surface area contributed by atoms with E-state index in [1.807, 2.05) is 0 Å². The van der Waals surface area contributed by atoms with Crippen molar-refractivity contribution < 1.29 is 28.2 Å². The number of benzene rings is 1. The number of carbonyl (C=O) groups is 1. The molecule has 4 N–H and O–H groups in total. The number of nitrogens with two attached hydrogens (primary N) is 1. The molecule has 8 heteroatoms. The van der Waals surface area contributed by atoms with E-state index >= 15 is 0 Å². The van der Waals surface area contributed by atoms with Crippen molar-refractivity contribution in [2.45, 2.75) is 18.6 Å². The fourth-order valence-electron chi connectivity index (χ4n) is 1.67. The molecule has 0 aliphatic heterocycles. The van der Waals surface area contributed by atoms with Crippen LogP contribution in [-0.4, -0.2) is 46.8 Å². The van der Waals surface area contributed by atoms with E-state index in [1.54, 1.807) is 0 Å². The van der Waals surface area contributed by atoms with E-state index in [0.29, 0.717) is 10.5 Å². The van der Waals surface area contributed by atoms with Crippen molar-refractivity contribution in [2.24, 2.45) is 5.73 Å². The summed E-state index contributed by atoms with van der Waals surface area (Å²) >= 11 is 0. The van der Waals surface area contributed by atoms with Gasteiger partial charge in [-0.25, -0.2) is 0 Å². The van der Waals surface area contributed by atoms with Gasteiger partial charge < -0.3 is 20.8 Å². The number of hydrogen-bond acceptors (Lipinski definition) is 4. The molecule has 1 aromatic carbocycles. The second-order valence-electron chi connectivity index (χ2n) is 4.44. The Labute approximate surface area is 113 Å². The van der Waals surface area contributed by atoms with Gasteiger partial charge in [-0.1, -0.05) is 6.07 Å². The van der Waals surface area contributed by atoms with E-state index in [0.717, 1.165) is 7.05 Å². The Morgan fingerprint density at radius 2 is 1.95 bits per heavy atom. The van der Waals surface area contributed by atoms with Crippen LogP contribution < -0.4 is 5.73 Å². The first kappa shape index (κ1) is 16.1. The maximum Gasteiger partial charge on any atom is 0.406 e. The quantitative estimate of drug-likeness (QED) is 0.722. The highest BCUT2D eigenvalue weighted by atomic mass is 19.4. The van der Waals surface area contributed by atoms with E-state index < -0.39 is 24.7 Å². The topological polar surface area (TPSA) is 86.8 Å². The summed E-state index contributed by atoms with van der Waals surface area (Å²) in [5.41, 5.74) is 5.99. The molecule has 0 saturated heterocycles. The van der Waals surface area contributed by atoms with Gasteiger partial charge in [0.2, 0.25) is 5.91 Å². The average Bonchev–Trinajstić information content (AvgIpc) is 2.30. The second-order valence-corrected chi connectivity index (χ2v) is 4.44. The molecule has 112 valence electrons. The molecule has 0 spiro atoms. The van der Waals surface area contributed by atoms with Crippen LogP contribution in [0.3, 0.4) is 0 Å². The fourth-order valence-corrected chi connectivity index (χ4v) is 1.67. The highest BCUT2D eigenvalue weighted by molar-refractivity contribution is 5.81. The number of alkyl halides is 3. The normalized spacial score (nSPS) is 13.1. The molecule has 0 aromatic heterocycles. The zero-order chi connectivity index (χ0) is 15.5. The van der Waals surface area contributed by atoms with Crippen molar-refractivity contribution in [3.8, 4) is 11.5 Å². The number of rotatable bonds is 4. The van der Waals surface area contributed by atoms with Crippen LogP contribution in [0, 0.1) is 0 Å². The van der Waals surface area contributed by atoms with Gasteiger partial charge in [-0.2, -0.15) is 13.2 Å². The number of carbonyl (C=O) groups excluding carboxylic acids is 1. The molecule has 5 nitrogen and oxygen atoms in total. The monoisotopic (exact) mass is 292 g/mol. The molecule has 1 amide bonds. The van der Waals surface area contributed by atoms with E-state index in [-0.39, 0.29) is 17.9 Å². The van der Waals surface area contributed by atoms with Crippen molar-refractivity contribution in [3.63, 3.8) is 0 Å². The Kier molecular flexibility index (Phi) is 4.83. The van der Waals surface area contributed by atoms with Gasteiger partial charge >= 0.3 is 6.18 Å². The van der Waals surface area contributed by atoms with Crippen LogP contribution in [0.15, 0.2) is 18.2 Å². The van der Waals surface area contributed by atoms with Gasteiger partial charge in [0.15, 0.2) is 11.5 Å². The van der Waals surface area contributed by atoms with Crippen molar-refractivity contribution in [3.05, 3.63) is 23.8 Å². The van der Waals surface area contributed by atoms with Gasteiger partial charge in [0, 0.05) is 7.05 Å². The van der Waals surface area contributed by atoms with E-state index in [1.165, 1.54) is 18.2 Å². The molecule has 20 heavy (non-hydrogen) atoms. The Morgan fingerprint density at radius 1 is 1.35 bits per heavy atom. The summed E-state index contributed by atoms with van der Waals surface area (Å²) < 4.78 is 36.5. The Bertz CT molecular complexity index is 491. The number of phenols is 2. The molecule has 1 aromatic rings. The molecular formula is C12H15F3N2O3. The molecule has 0 unspecified atom stereocenters. The van der Waals surface area contributed by atoms with Gasteiger partial charge in [0.05, 0.1) is 6.04 Å².